The summed E-state index contributed by atoms with van der Waals surface area (Å²) in [6, 6.07) is 14.4. The van der Waals surface area contributed by atoms with E-state index in [2.05, 4.69) is 0 Å². The lowest BCUT2D eigenvalue weighted by Gasteiger charge is -2.35. The normalized spacial score (nSPS) is 18.3. The number of rotatable bonds is 4. The number of hydrogen-bond donors (Lipinski definition) is 0. The van der Waals surface area contributed by atoms with E-state index in [-0.39, 0.29) is 16.7 Å². The van der Waals surface area contributed by atoms with Gasteiger partial charge in [-0.25, -0.2) is 8.42 Å². The molecule has 1 amide bonds. The zero-order chi connectivity index (χ0) is 20.4. The second kappa shape index (κ2) is 8.38. The summed E-state index contributed by atoms with van der Waals surface area (Å²) in [6.07, 6.45) is 1.08. The zero-order valence-corrected chi connectivity index (χ0v) is 17.9. The first-order chi connectivity index (χ1) is 14.0. The number of amides is 1. The maximum atomic E-state index is 13.1. The van der Waals surface area contributed by atoms with Crippen LogP contribution >= 0.6 is 11.8 Å². The minimum absolute atomic E-state index is 0.110. The fraction of sp³-hybridized carbons (Fsp3) is 0.381. The number of anilines is 1. The Kier molecular flexibility index (Phi) is 5.85. The number of carbonyl (C=O) groups is 1. The summed E-state index contributed by atoms with van der Waals surface area (Å²) in [6.45, 7) is 1.41. The molecule has 0 atom stereocenters. The predicted molar refractivity (Wildman–Crippen MR) is 114 cm³/mol. The molecule has 1 fully saturated rings. The van der Waals surface area contributed by atoms with E-state index in [1.54, 1.807) is 43.1 Å². The van der Waals surface area contributed by atoms with Gasteiger partial charge in [0.1, 0.15) is 5.75 Å². The average Bonchev–Trinajstić information content (AvgIpc) is 2.78. The van der Waals surface area contributed by atoms with Crippen LogP contribution < -0.4 is 9.64 Å². The molecular formula is C21H24N2O4S2. The molecule has 2 aromatic carbocycles. The third-order valence-electron chi connectivity index (χ3n) is 5.49. The quantitative estimate of drug-likeness (QED) is 0.742. The molecule has 0 aromatic heterocycles. The Morgan fingerprint density at radius 2 is 1.72 bits per heavy atom. The van der Waals surface area contributed by atoms with E-state index in [9.17, 15) is 13.2 Å². The molecule has 4 rings (SSSR count). The molecule has 0 N–H and O–H groups in total. The number of sulfonamides is 1. The van der Waals surface area contributed by atoms with E-state index in [4.69, 9.17) is 4.74 Å². The van der Waals surface area contributed by atoms with Gasteiger partial charge in [-0.1, -0.05) is 12.1 Å². The van der Waals surface area contributed by atoms with Gasteiger partial charge in [-0.2, -0.15) is 4.31 Å². The van der Waals surface area contributed by atoms with Crippen LogP contribution in [0.5, 0.6) is 5.75 Å². The topological polar surface area (TPSA) is 66.9 Å². The summed E-state index contributed by atoms with van der Waals surface area (Å²) in [5, 5.41) is 0. The fourth-order valence-corrected chi connectivity index (χ4v) is 6.32. The van der Waals surface area contributed by atoms with E-state index >= 15 is 0 Å². The predicted octanol–water partition coefficient (Wildman–Crippen LogP) is 3.23. The number of hydrogen-bond acceptors (Lipinski definition) is 5. The number of ether oxygens (including phenoxy) is 1. The molecule has 0 radical (unpaired) electrons. The number of benzene rings is 2. The van der Waals surface area contributed by atoms with Crippen LogP contribution in [-0.2, 0) is 14.8 Å². The van der Waals surface area contributed by atoms with Gasteiger partial charge in [0.25, 0.3) is 0 Å². The van der Waals surface area contributed by atoms with E-state index in [1.807, 2.05) is 29.2 Å². The molecule has 1 saturated heterocycles. The van der Waals surface area contributed by atoms with Crippen LogP contribution in [0.4, 0.5) is 5.69 Å². The molecule has 154 valence electrons. The number of nitrogens with zero attached hydrogens (tertiary/aromatic N) is 2. The van der Waals surface area contributed by atoms with Crippen LogP contribution in [0, 0.1) is 5.92 Å². The van der Waals surface area contributed by atoms with Gasteiger partial charge in [-0.05, 0) is 49.2 Å². The molecule has 0 spiro atoms. The van der Waals surface area contributed by atoms with Gasteiger partial charge in [-0.15, -0.1) is 11.8 Å². The number of para-hydroxylation sites is 1. The van der Waals surface area contributed by atoms with E-state index < -0.39 is 10.0 Å². The summed E-state index contributed by atoms with van der Waals surface area (Å²) in [7, 11) is -2.01. The van der Waals surface area contributed by atoms with Crippen LogP contribution in [0.15, 0.2) is 58.3 Å². The van der Waals surface area contributed by atoms with Crippen molar-refractivity contribution in [3.05, 3.63) is 48.5 Å². The van der Waals surface area contributed by atoms with E-state index in [1.165, 1.54) is 4.31 Å². The second-order valence-corrected chi connectivity index (χ2v) is 10.2. The highest BCUT2D eigenvalue weighted by Gasteiger charge is 2.35. The van der Waals surface area contributed by atoms with Crippen molar-refractivity contribution in [2.45, 2.75) is 22.6 Å². The number of piperidine rings is 1. The smallest absolute Gasteiger partial charge is 0.243 e. The molecule has 6 nitrogen and oxygen atoms in total. The highest BCUT2D eigenvalue weighted by Crippen LogP contribution is 2.36. The third-order valence-corrected chi connectivity index (χ3v) is 8.45. The average molecular weight is 433 g/mol. The first-order valence-electron chi connectivity index (χ1n) is 9.68. The van der Waals surface area contributed by atoms with E-state index in [0.717, 1.165) is 16.3 Å². The molecule has 2 aromatic rings. The molecule has 2 heterocycles. The number of fused-ring (bicyclic) bond motifs is 1. The van der Waals surface area contributed by atoms with E-state index in [0.29, 0.717) is 38.2 Å². The van der Waals surface area contributed by atoms with Gasteiger partial charge in [0.15, 0.2) is 0 Å². The van der Waals surface area contributed by atoms with Crippen molar-refractivity contribution in [1.82, 2.24) is 4.31 Å². The van der Waals surface area contributed by atoms with Crippen molar-refractivity contribution in [3.8, 4) is 5.75 Å². The van der Waals surface area contributed by atoms with Gasteiger partial charge >= 0.3 is 0 Å². The highest BCUT2D eigenvalue weighted by molar-refractivity contribution is 7.99. The van der Waals surface area contributed by atoms with Gasteiger partial charge in [-0.3, -0.25) is 4.79 Å². The first kappa shape index (κ1) is 20.3. The molecule has 0 aliphatic carbocycles. The Labute approximate surface area is 175 Å². The Hall–Kier alpha value is -2.03. The molecule has 29 heavy (non-hydrogen) atoms. The minimum atomic E-state index is -3.56. The summed E-state index contributed by atoms with van der Waals surface area (Å²) in [5.74, 6) is 1.47. The van der Waals surface area contributed by atoms with Gasteiger partial charge in [0.05, 0.1) is 17.7 Å². The Morgan fingerprint density at radius 1 is 1.03 bits per heavy atom. The van der Waals surface area contributed by atoms with Crippen molar-refractivity contribution in [2.24, 2.45) is 5.92 Å². The summed E-state index contributed by atoms with van der Waals surface area (Å²) in [5.41, 5.74) is 0.974. The summed E-state index contributed by atoms with van der Waals surface area (Å²) >= 11 is 1.77. The highest BCUT2D eigenvalue weighted by atomic mass is 32.2. The second-order valence-electron chi connectivity index (χ2n) is 7.16. The SMILES string of the molecule is COc1ccc(S(=O)(=O)N2CCC(C(=O)N3CCSc4ccccc43)CC2)cc1. The Bertz CT molecular complexity index is 984. The number of methoxy groups -OCH3 is 1. The largest absolute Gasteiger partial charge is 0.497 e. The van der Waals surface area contributed by atoms with Crippen molar-refractivity contribution >= 4 is 33.4 Å². The lowest BCUT2D eigenvalue weighted by molar-refractivity contribution is -0.123. The summed E-state index contributed by atoms with van der Waals surface area (Å²) in [4.78, 5) is 16.4. The van der Waals surface area contributed by atoms with Crippen LogP contribution in [0.3, 0.4) is 0 Å². The first-order valence-corrected chi connectivity index (χ1v) is 12.1. The number of carbonyl (C=O) groups excluding carboxylic acids is 1. The van der Waals surface area contributed by atoms with Crippen molar-refractivity contribution in [1.29, 1.82) is 0 Å². The van der Waals surface area contributed by atoms with Crippen molar-refractivity contribution in [3.63, 3.8) is 0 Å². The Balaban J connectivity index is 1.43. The molecular weight excluding hydrogens is 408 g/mol. The lowest BCUT2D eigenvalue weighted by atomic mass is 9.96. The van der Waals surface area contributed by atoms with Crippen LogP contribution in [-0.4, -0.2) is 51.1 Å². The fourth-order valence-electron chi connectivity index (χ4n) is 3.86. The molecule has 0 saturated carbocycles. The molecule has 2 aliphatic heterocycles. The lowest BCUT2D eigenvalue weighted by Crippen LogP contribution is -2.45. The van der Waals surface area contributed by atoms with Crippen LogP contribution in [0.1, 0.15) is 12.8 Å². The molecule has 2 aliphatic rings. The van der Waals surface area contributed by atoms with Gasteiger partial charge in [0.2, 0.25) is 15.9 Å². The Morgan fingerprint density at radius 3 is 2.41 bits per heavy atom. The maximum absolute atomic E-state index is 13.1. The standard InChI is InChI=1S/C21H24N2O4S2/c1-27-17-6-8-18(9-7-17)29(25,26)22-12-10-16(11-13-22)21(24)23-14-15-28-20-5-3-2-4-19(20)23/h2-9,16H,10-15H2,1H3. The van der Waals surface area contributed by atoms with Crippen LogP contribution in [0.2, 0.25) is 0 Å². The van der Waals surface area contributed by atoms with Crippen molar-refractivity contribution in [2.75, 3.05) is 37.4 Å². The molecule has 8 heteroatoms. The summed E-state index contributed by atoms with van der Waals surface area (Å²) < 4.78 is 32.4. The maximum Gasteiger partial charge on any atom is 0.243 e. The van der Waals surface area contributed by atoms with Gasteiger partial charge in [0, 0.05) is 36.2 Å². The third kappa shape index (κ3) is 4.01. The monoisotopic (exact) mass is 432 g/mol. The molecule has 0 unspecified atom stereocenters. The zero-order valence-electron chi connectivity index (χ0n) is 16.3. The van der Waals surface area contributed by atoms with Crippen LogP contribution in [0.25, 0.3) is 0 Å². The number of thioether (sulfide) groups is 1. The minimum Gasteiger partial charge on any atom is -0.497 e. The van der Waals surface area contributed by atoms with Gasteiger partial charge < -0.3 is 9.64 Å². The van der Waals surface area contributed by atoms with Crippen molar-refractivity contribution < 1.29 is 17.9 Å². The molecule has 0 bridgehead atoms.